The molecule has 33 heavy (non-hydrogen) atoms. The molecular weight excluding hydrogens is 424 g/mol. The minimum Gasteiger partial charge on any atom is -0.467 e. The molecule has 9 nitrogen and oxygen atoms in total. The Hall–Kier alpha value is -4.14. The molecule has 1 aromatic heterocycles. The average molecular weight is 448 g/mol. The second-order valence-electron chi connectivity index (χ2n) is 7.65. The van der Waals surface area contributed by atoms with E-state index >= 15 is 0 Å². The number of benzene rings is 2. The van der Waals surface area contributed by atoms with E-state index in [9.17, 15) is 9.59 Å². The van der Waals surface area contributed by atoms with Crippen molar-refractivity contribution in [2.24, 2.45) is 0 Å². The van der Waals surface area contributed by atoms with Crippen LogP contribution in [-0.2, 0) is 16.1 Å². The van der Waals surface area contributed by atoms with Crippen molar-refractivity contribution in [2.45, 2.75) is 26.4 Å². The van der Waals surface area contributed by atoms with E-state index in [1.54, 1.807) is 24.3 Å². The number of carbonyl (C=O) groups is 2. The molecule has 0 saturated heterocycles. The van der Waals surface area contributed by atoms with Crippen molar-refractivity contribution in [1.29, 1.82) is 0 Å². The number of nitrogens with one attached hydrogen (secondary N) is 2. The van der Waals surface area contributed by atoms with E-state index in [1.807, 2.05) is 38.1 Å². The number of hydrogen-bond acceptors (Lipinski definition) is 8. The first-order chi connectivity index (χ1) is 15.9. The number of fused-ring (bicyclic) bond motifs is 2. The standard InChI is InChI=1S/C24H24N4O5/c1-14(2)10-18(24(30)31-3)27-22-16-6-4-5-7-17(16)26-21(28-22)12-25-23(29)15-8-9-19-20(11-15)33-13-32-19/h4-11,18H,12-13H2,1-3H3,(H,25,29)(H,26,27,28)/t18-/m0/s1. The number of nitrogens with zero attached hydrogens (tertiary/aromatic N) is 2. The van der Waals surface area contributed by atoms with Gasteiger partial charge in [-0.25, -0.2) is 14.8 Å². The summed E-state index contributed by atoms with van der Waals surface area (Å²) >= 11 is 0. The lowest BCUT2D eigenvalue weighted by atomic mass is 10.1. The van der Waals surface area contributed by atoms with Gasteiger partial charge in [0.15, 0.2) is 17.3 Å². The minimum absolute atomic E-state index is 0.0956. The number of rotatable bonds is 7. The van der Waals surface area contributed by atoms with Gasteiger partial charge in [-0.2, -0.15) is 0 Å². The summed E-state index contributed by atoms with van der Waals surface area (Å²) in [5, 5.41) is 6.72. The molecule has 0 saturated carbocycles. The quantitative estimate of drug-likeness (QED) is 0.419. The largest absolute Gasteiger partial charge is 0.467 e. The number of anilines is 1. The maximum Gasteiger partial charge on any atom is 0.332 e. The molecule has 1 aliphatic heterocycles. The molecular formula is C24H24N4O5. The molecule has 1 aliphatic rings. The number of methoxy groups -OCH3 is 1. The SMILES string of the molecule is COC(=O)[C@H](C=C(C)C)Nc1nc(CNC(=O)c2ccc3c(c2)OCO3)nc2ccccc12. The van der Waals surface area contributed by atoms with Crippen molar-refractivity contribution in [3.05, 3.63) is 65.5 Å². The van der Waals surface area contributed by atoms with Gasteiger partial charge in [-0.1, -0.05) is 23.8 Å². The maximum absolute atomic E-state index is 12.6. The number of carbonyl (C=O) groups excluding carboxylic acids is 2. The zero-order chi connectivity index (χ0) is 23.4. The first kappa shape index (κ1) is 22.1. The van der Waals surface area contributed by atoms with Crippen LogP contribution in [0.2, 0.25) is 0 Å². The van der Waals surface area contributed by atoms with Crippen molar-refractivity contribution in [2.75, 3.05) is 19.2 Å². The van der Waals surface area contributed by atoms with Crippen molar-refractivity contribution in [1.82, 2.24) is 15.3 Å². The third-order valence-corrected chi connectivity index (χ3v) is 4.94. The molecule has 4 rings (SSSR count). The second kappa shape index (κ2) is 9.56. The third-order valence-electron chi connectivity index (χ3n) is 4.94. The van der Waals surface area contributed by atoms with Gasteiger partial charge in [0.2, 0.25) is 6.79 Å². The van der Waals surface area contributed by atoms with Gasteiger partial charge >= 0.3 is 5.97 Å². The van der Waals surface area contributed by atoms with Gasteiger partial charge in [-0.15, -0.1) is 0 Å². The summed E-state index contributed by atoms with van der Waals surface area (Å²) in [7, 11) is 1.34. The van der Waals surface area contributed by atoms with Crippen LogP contribution in [0.25, 0.3) is 10.9 Å². The predicted octanol–water partition coefficient (Wildman–Crippen LogP) is 3.21. The third kappa shape index (κ3) is 5.03. The monoisotopic (exact) mass is 448 g/mol. The van der Waals surface area contributed by atoms with E-state index in [0.717, 1.165) is 11.0 Å². The van der Waals surface area contributed by atoms with Crippen LogP contribution >= 0.6 is 0 Å². The summed E-state index contributed by atoms with van der Waals surface area (Å²) < 4.78 is 15.5. The van der Waals surface area contributed by atoms with E-state index in [0.29, 0.717) is 34.2 Å². The zero-order valence-corrected chi connectivity index (χ0v) is 18.5. The first-order valence-corrected chi connectivity index (χ1v) is 10.4. The van der Waals surface area contributed by atoms with E-state index in [-0.39, 0.29) is 19.2 Å². The van der Waals surface area contributed by atoms with Crippen molar-refractivity contribution in [3.63, 3.8) is 0 Å². The smallest absolute Gasteiger partial charge is 0.332 e. The Balaban J connectivity index is 1.57. The lowest BCUT2D eigenvalue weighted by Crippen LogP contribution is -2.30. The number of esters is 1. The highest BCUT2D eigenvalue weighted by atomic mass is 16.7. The van der Waals surface area contributed by atoms with Gasteiger partial charge < -0.3 is 24.8 Å². The van der Waals surface area contributed by atoms with Crippen LogP contribution in [0.1, 0.15) is 30.0 Å². The Labute approximate surface area is 190 Å². The van der Waals surface area contributed by atoms with Crippen molar-refractivity contribution < 1.29 is 23.8 Å². The molecule has 2 N–H and O–H groups in total. The molecule has 1 amide bonds. The fraction of sp³-hybridized carbons (Fsp3) is 0.250. The highest BCUT2D eigenvalue weighted by molar-refractivity contribution is 5.95. The van der Waals surface area contributed by atoms with Gasteiger partial charge in [-0.05, 0) is 44.2 Å². The molecule has 1 atom stereocenters. The van der Waals surface area contributed by atoms with E-state index in [2.05, 4.69) is 20.6 Å². The van der Waals surface area contributed by atoms with Crippen LogP contribution in [0.3, 0.4) is 0 Å². The molecule has 170 valence electrons. The molecule has 0 unspecified atom stereocenters. The minimum atomic E-state index is -0.714. The van der Waals surface area contributed by atoms with E-state index in [1.165, 1.54) is 7.11 Å². The Kier molecular flexibility index (Phi) is 6.39. The fourth-order valence-electron chi connectivity index (χ4n) is 3.39. The van der Waals surface area contributed by atoms with Crippen LogP contribution in [-0.4, -0.2) is 41.8 Å². The molecule has 0 fully saturated rings. The molecule has 0 bridgehead atoms. The topological polar surface area (TPSA) is 112 Å². The highest BCUT2D eigenvalue weighted by Gasteiger charge is 2.20. The maximum atomic E-state index is 12.6. The lowest BCUT2D eigenvalue weighted by Gasteiger charge is -2.16. The number of allylic oxidation sites excluding steroid dienone is 1. The van der Waals surface area contributed by atoms with Crippen LogP contribution in [0.4, 0.5) is 5.82 Å². The predicted molar refractivity (Wildman–Crippen MR) is 122 cm³/mol. The van der Waals surface area contributed by atoms with Gasteiger partial charge in [0, 0.05) is 10.9 Å². The zero-order valence-electron chi connectivity index (χ0n) is 18.5. The number of aromatic nitrogens is 2. The number of amides is 1. The molecule has 0 aliphatic carbocycles. The highest BCUT2D eigenvalue weighted by Crippen LogP contribution is 2.32. The van der Waals surface area contributed by atoms with Gasteiger partial charge in [-0.3, -0.25) is 4.79 Å². The average Bonchev–Trinajstić information content (AvgIpc) is 3.29. The fourth-order valence-corrected chi connectivity index (χ4v) is 3.39. The number of ether oxygens (including phenoxy) is 3. The Morgan fingerprint density at radius 1 is 1.12 bits per heavy atom. The Bertz CT molecular complexity index is 1240. The number of hydrogen-bond donors (Lipinski definition) is 2. The van der Waals surface area contributed by atoms with E-state index in [4.69, 9.17) is 14.2 Å². The first-order valence-electron chi connectivity index (χ1n) is 10.4. The Morgan fingerprint density at radius 3 is 2.70 bits per heavy atom. The summed E-state index contributed by atoms with van der Waals surface area (Å²) in [5.74, 6) is 1.28. The molecule has 9 heteroatoms. The lowest BCUT2D eigenvalue weighted by molar-refractivity contribution is -0.140. The molecule has 0 radical (unpaired) electrons. The molecule has 3 aromatic rings. The van der Waals surface area contributed by atoms with Gasteiger partial charge in [0.1, 0.15) is 11.9 Å². The van der Waals surface area contributed by atoms with Crippen molar-refractivity contribution in [3.8, 4) is 11.5 Å². The van der Waals surface area contributed by atoms with Crippen molar-refractivity contribution >= 4 is 28.6 Å². The van der Waals surface area contributed by atoms with Crippen LogP contribution in [0, 0.1) is 0 Å². The molecule has 0 spiro atoms. The summed E-state index contributed by atoms with van der Waals surface area (Å²) in [6, 6.07) is 11.7. The van der Waals surface area contributed by atoms with Gasteiger partial charge in [0.05, 0.1) is 19.2 Å². The van der Waals surface area contributed by atoms with Gasteiger partial charge in [0.25, 0.3) is 5.91 Å². The molecule has 2 heterocycles. The van der Waals surface area contributed by atoms with E-state index < -0.39 is 12.0 Å². The Morgan fingerprint density at radius 2 is 1.91 bits per heavy atom. The summed E-state index contributed by atoms with van der Waals surface area (Å²) in [6.07, 6.45) is 1.77. The van der Waals surface area contributed by atoms with Crippen LogP contribution in [0.15, 0.2) is 54.1 Å². The summed E-state index contributed by atoms with van der Waals surface area (Å²) in [5.41, 5.74) is 2.07. The van der Waals surface area contributed by atoms with Crippen LogP contribution in [0.5, 0.6) is 11.5 Å². The van der Waals surface area contributed by atoms with Crippen LogP contribution < -0.4 is 20.1 Å². The summed E-state index contributed by atoms with van der Waals surface area (Å²) in [6.45, 7) is 4.03. The summed E-state index contributed by atoms with van der Waals surface area (Å²) in [4.78, 5) is 34.0. The normalized spacial score (nSPS) is 12.7. The molecule has 2 aromatic carbocycles. The second-order valence-corrected chi connectivity index (χ2v) is 7.65. The number of para-hydroxylation sites is 1.